The van der Waals surface area contributed by atoms with E-state index in [2.05, 4.69) is 21.7 Å². The summed E-state index contributed by atoms with van der Waals surface area (Å²) in [7, 11) is 0. The van der Waals surface area contributed by atoms with Crippen LogP contribution in [0, 0.1) is 13.8 Å². The van der Waals surface area contributed by atoms with Gasteiger partial charge in [-0.3, -0.25) is 0 Å². The first-order valence-corrected chi connectivity index (χ1v) is 5.63. The maximum atomic E-state index is 9.59. The minimum absolute atomic E-state index is 0. The minimum atomic E-state index is -0.636. The number of hydrogen-bond donors (Lipinski definition) is 2. The van der Waals surface area contributed by atoms with Crippen LogP contribution in [0.25, 0.3) is 5.82 Å². The molecule has 2 aromatic rings. The number of aliphatic hydroxyl groups is 1. The van der Waals surface area contributed by atoms with Crippen LogP contribution in [0.1, 0.15) is 23.1 Å². The van der Waals surface area contributed by atoms with Crippen molar-refractivity contribution in [2.75, 3.05) is 6.54 Å². The van der Waals surface area contributed by atoms with Crippen LogP contribution >= 0.6 is 24.8 Å². The summed E-state index contributed by atoms with van der Waals surface area (Å²) in [6, 6.07) is 7.87. The van der Waals surface area contributed by atoms with E-state index in [9.17, 15) is 5.11 Å². The predicted molar refractivity (Wildman–Crippen MR) is 81.5 cm³/mol. The Bertz CT molecular complexity index is 492. The lowest BCUT2D eigenvalue weighted by atomic mass is 10.1. The average Bonchev–Trinajstić information content (AvgIpc) is 2.68. The zero-order valence-electron chi connectivity index (χ0n) is 10.9. The van der Waals surface area contributed by atoms with Gasteiger partial charge in [0.25, 0.3) is 0 Å². The molecule has 0 radical (unpaired) electrons. The van der Waals surface area contributed by atoms with Crippen LogP contribution in [0.15, 0.2) is 30.5 Å². The predicted octanol–water partition coefficient (Wildman–Crippen LogP) is 2.32. The lowest BCUT2D eigenvalue weighted by Crippen LogP contribution is -2.12. The molecule has 0 spiro atoms. The van der Waals surface area contributed by atoms with Gasteiger partial charge in [0.2, 0.25) is 0 Å². The number of pyridine rings is 1. The molecule has 19 heavy (non-hydrogen) atoms. The first-order chi connectivity index (χ1) is 8.13. The number of hydrogen-bond acceptors (Lipinski definition) is 3. The first kappa shape index (κ1) is 17.9. The fourth-order valence-corrected chi connectivity index (χ4v) is 1.89. The number of aromatic nitrogens is 2. The second-order valence-corrected chi connectivity index (χ2v) is 4.15. The summed E-state index contributed by atoms with van der Waals surface area (Å²) in [5, 5.41) is 9.59. The summed E-state index contributed by atoms with van der Waals surface area (Å²) >= 11 is 0. The topological polar surface area (TPSA) is 64.1 Å². The Hall–Kier alpha value is -1.07. The molecule has 1 atom stereocenters. The summed E-state index contributed by atoms with van der Waals surface area (Å²) in [5.41, 5.74) is 8.43. The monoisotopic (exact) mass is 303 g/mol. The molecule has 0 saturated carbocycles. The Morgan fingerprint density at radius 1 is 1.16 bits per heavy atom. The van der Waals surface area contributed by atoms with Crippen molar-refractivity contribution in [1.82, 2.24) is 9.55 Å². The fraction of sp³-hybridized carbons (Fsp3) is 0.308. The molecule has 0 fully saturated rings. The molecule has 1 unspecified atom stereocenters. The highest BCUT2D eigenvalue weighted by molar-refractivity contribution is 5.85. The summed E-state index contributed by atoms with van der Waals surface area (Å²) in [6.45, 7) is 4.29. The van der Waals surface area contributed by atoms with E-state index >= 15 is 0 Å². The third kappa shape index (κ3) is 3.70. The summed E-state index contributed by atoms with van der Waals surface area (Å²) in [6.07, 6.45) is 1.04. The quantitative estimate of drug-likeness (QED) is 0.914. The number of halogens is 2. The second kappa shape index (κ2) is 7.50. The molecule has 0 aliphatic carbocycles. The largest absolute Gasteiger partial charge is 0.387 e. The average molecular weight is 304 g/mol. The molecule has 106 valence electrons. The van der Waals surface area contributed by atoms with Crippen LogP contribution in [0.5, 0.6) is 0 Å². The normalized spacial score (nSPS) is 11.4. The lowest BCUT2D eigenvalue weighted by Gasteiger charge is -2.11. The molecule has 2 heterocycles. The smallest absolute Gasteiger partial charge is 0.136 e. The minimum Gasteiger partial charge on any atom is -0.387 e. The van der Waals surface area contributed by atoms with Gasteiger partial charge in [-0.25, -0.2) is 4.98 Å². The lowest BCUT2D eigenvalue weighted by molar-refractivity contribution is 0.186. The van der Waals surface area contributed by atoms with E-state index in [1.807, 2.05) is 26.0 Å². The Morgan fingerprint density at radius 3 is 2.16 bits per heavy atom. The van der Waals surface area contributed by atoms with E-state index in [-0.39, 0.29) is 31.4 Å². The van der Waals surface area contributed by atoms with E-state index in [1.165, 1.54) is 0 Å². The van der Waals surface area contributed by atoms with Crippen LogP contribution in [-0.4, -0.2) is 21.2 Å². The number of nitrogens with zero attached hydrogens (tertiary/aromatic N) is 2. The third-order valence-corrected chi connectivity index (χ3v) is 2.88. The molecule has 2 aromatic heterocycles. The molecule has 0 amide bonds. The maximum absolute atomic E-state index is 9.59. The number of aryl methyl sites for hydroxylation is 2. The SMILES string of the molecule is Cc1ccc(C)n1-c1ccc(C(O)CN)cn1.Cl.Cl. The summed E-state index contributed by atoms with van der Waals surface area (Å²) in [5.74, 6) is 0.859. The van der Waals surface area contributed by atoms with Gasteiger partial charge in [-0.15, -0.1) is 24.8 Å². The van der Waals surface area contributed by atoms with E-state index < -0.39 is 6.10 Å². The van der Waals surface area contributed by atoms with Crippen molar-refractivity contribution in [1.29, 1.82) is 0 Å². The van der Waals surface area contributed by atoms with E-state index in [0.717, 1.165) is 22.8 Å². The van der Waals surface area contributed by atoms with Crippen molar-refractivity contribution in [3.8, 4) is 5.82 Å². The van der Waals surface area contributed by atoms with Gasteiger partial charge in [-0.2, -0.15) is 0 Å². The van der Waals surface area contributed by atoms with Gasteiger partial charge in [0, 0.05) is 29.7 Å². The van der Waals surface area contributed by atoms with Crippen LogP contribution in [-0.2, 0) is 0 Å². The first-order valence-electron chi connectivity index (χ1n) is 5.63. The van der Waals surface area contributed by atoms with Gasteiger partial charge in [-0.1, -0.05) is 6.07 Å². The van der Waals surface area contributed by atoms with Gasteiger partial charge in [0.1, 0.15) is 5.82 Å². The maximum Gasteiger partial charge on any atom is 0.136 e. The zero-order valence-corrected chi connectivity index (χ0v) is 12.5. The van der Waals surface area contributed by atoms with Gasteiger partial charge in [0.05, 0.1) is 6.10 Å². The number of nitrogens with two attached hydrogens (primary N) is 1. The van der Waals surface area contributed by atoms with Gasteiger partial charge < -0.3 is 15.4 Å². The second-order valence-electron chi connectivity index (χ2n) is 4.15. The highest BCUT2D eigenvalue weighted by Gasteiger charge is 2.08. The highest BCUT2D eigenvalue weighted by Crippen LogP contribution is 2.16. The molecule has 4 nitrogen and oxygen atoms in total. The Balaban J connectivity index is 0.00000162. The van der Waals surface area contributed by atoms with Gasteiger partial charge in [-0.05, 0) is 32.0 Å². The van der Waals surface area contributed by atoms with Crippen LogP contribution in [0.2, 0.25) is 0 Å². The molecule has 0 aromatic carbocycles. The molecule has 0 aliphatic heterocycles. The Kier molecular flexibility index (Phi) is 7.08. The van der Waals surface area contributed by atoms with Gasteiger partial charge >= 0.3 is 0 Å². The van der Waals surface area contributed by atoms with Crippen molar-refractivity contribution in [2.45, 2.75) is 20.0 Å². The highest BCUT2D eigenvalue weighted by atomic mass is 35.5. The molecule has 0 saturated heterocycles. The summed E-state index contributed by atoms with van der Waals surface area (Å²) < 4.78 is 2.07. The van der Waals surface area contributed by atoms with E-state index in [1.54, 1.807) is 6.20 Å². The standard InChI is InChI=1S/C13H17N3O.2ClH/c1-9-3-4-10(2)16(9)13-6-5-11(8-15-13)12(17)7-14;;/h3-6,8,12,17H,7,14H2,1-2H3;2*1H. The van der Waals surface area contributed by atoms with E-state index in [4.69, 9.17) is 5.73 Å². The number of aliphatic hydroxyl groups excluding tert-OH is 1. The number of rotatable bonds is 3. The van der Waals surface area contributed by atoms with Gasteiger partial charge in [0.15, 0.2) is 0 Å². The Labute approximate surface area is 125 Å². The van der Waals surface area contributed by atoms with Crippen LogP contribution in [0.3, 0.4) is 0 Å². The van der Waals surface area contributed by atoms with Crippen molar-refractivity contribution in [3.05, 3.63) is 47.4 Å². The zero-order chi connectivity index (χ0) is 12.4. The molecule has 3 N–H and O–H groups in total. The Morgan fingerprint density at radius 2 is 1.74 bits per heavy atom. The summed E-state index contributed by atoms with van der Waals surface area (Å²) in [4.78, 5) is 4.36. The van der Waals surface area contributed by atoms with Crippen molar-refractivity contribution in [3.63, 3.8) is 0 Å². The van der Waals surface area contributed by atoms with Crippen molar-refractivity contribution in [2.24, 2.45) is 5.73 Å². The molecule has 2 rings (SSSR count). The van der Waals surface area contributed by atoms with Crippen molar-refractivity contribution < 1.29 is 5.11 Å². The fourth-order valence-electron chi connectivity index (χ4n) is 1.89. The molecular formula is C13H19Cl2N3O. The third-order valence-electron chi connectivity index (χ3n) is 2.88. The van der Waals surface area contributed by atoms with E-state index in [0.29, 0.717) is 0 Å². The molecule has 0 aliphatic rings. The molecule has 0 bridgehead atoms. The van der Waals surface area contributed by atoms with Crippen LogP contribution in [0.4, 0.5) is 0 Å². The van der Waals surface area contributed by atoms with Crippen molar-refractivity contribution >= 4 is 24.8 Å². The molecular weight excluding hydrogens is 285 g/mol. The van der Waals surface area contributed by atoms with Crippen LogP contribution < -0.4 is 5.73 Å². The molecule has 6 heteroatoms.